The van der Waals surface area contributed by atoms with E-state index in [1.54, 1.807) is 0 Å². The van der Waals surface area contributed by atoms with Crippen LogP contribution in [-0.4, -0.2) is 25.7 Å². The fourth-order valence-electron chi connectivity index (χ4n) is 2.10. The van der Waals surface area contributed by atoms with Crippen molar-refractivity contribution >= 4 is 11.5 Å². The van der Waals surface area contributed by atoms with Gasteiger partial charge in [0.1, 0.15) is 5.78 Å². The molecule has 0 aliphatic carbocycles. The maximum Gasteiger partial charge on any atom is 0.231 e. The number of ether oxygens (including phenoxy) is 2. The number of piperidine rings is 1. The second-order valence-electron chi connectivity index (χ2n) is 4.06. The summed E-state index contributed by atoms with van der Waals surface area (Å²) in [5.74, 6) is 1.96. The average molecular weight is 219 g/mol. The molecule has 1 aromatic carbocycles. The molecular formula is C12H13NO3. The lowest BCUT2D eigenvalue weighted by atomic mass is 10.1. The van der Waals surface area contributed by atoms with Gasteiger partial charge >= 0.3 is 0 Å². The average Bonchev–Trinajstić information content (AvgIpc) is 2.77. The molecule has 1 fully saturated rings. The van der Waals surface area contributed by atoms with E-state index in [0.717, 1.165) is 30.3 Å². The van der Waals surface area contributed by atoms with E-state index in [1.165, 1.54) is 0 Å². The van der Waals surface area contributed by atoms with E-state index in [9.17, 15) is 4.79 Å². The maximum absolute atomic E-state index is 11.2. The molecule has 0 bridgehead atoms. The minimum Gasteiger partial charge on any atom is -0.454 e. The Morgan fingerprint density at radius 2 is 1.81 bits per heavy atom. The Morgan fingerprint density at radius 3 is 2.62 bits per heavy atom. The number of carbonyl (C=O) groups excluding carboxylic acids is 1. The fraction of sp³-hybridized carbons (Fsp3) is 0.417. The summed E-state index contributed by atoms with van der Waals surface area (Å²) < 4.78 is 10.6. The molecule has 1 saturated heterocycles. The lowest BCUT2D eigenvalue weighted by molar-refractivity contribution is -0.119. The molecule has 0 unspecified atom stereocenters. The highest BCUT2D eigenvalue weighted by molar-refractivity contribution is 5.81. The highest BCUT2D eigenvalue weighted by Crippen LogP contribution is 2.35. The van der Waals surface area contributed by atoms with Crippen LogP contribution in [0, 0.1) is 0 Å². The van der Waals surface area contributed by atoms with Crippen LogP contribution < -0.4 is 14.4 Å². The third kappa shape index (κ3) is 1.60. The van der Waals surface area contributed by atoms with E-state index in [2.05, 4.69) is 4.90 Å². The number of nitrogens with zero attached hydrogens (tertiary/aromatic N) is 1. The molecule has 2 heterocycles. The van der Waals surface area contributed by atoms with E-state index in [1.807, 2.05) is 18.2 Å². The Kier molecular flexibility index (Phi) is 2.20. The standard InChI is InChI=1S/C12H13NO3/c14-10-3-5-13(6-4-10)9-1-2-11-12(7-9)16-8-15-11/h1-2,7H,3-6,8H2. The van der Waals surface area contributed by atoms with Gasteiger partial charge in [-0.3, -0.25) is 4.79 Å². The second-order valence-corrected chi connectivity index (χ2v) is 4.06. The van der Waals surface area contributed by atoms with Gasteiger partial charge in [0.25, 0.3) is 0 Å². The first-order valence-electron chi connectivity index (χ1n) is 5.49. The summed E-state index contributed by atoms with van der Waals surface area (Å²) in [5, 5.41) is 0. The highest BCUT2D eigenvalue weighted by atomic mass is 16.7. The van der Waals surface area contributed by atoms with Crippen molar-refractivity contribution in [3.05, 3.63) is 18.2 Å². The molecule has 16 heavy (non-hydrogen) atoms. The molecule has 84 valence electrons. The summed E-state index contributed by atoms with van der Waals surface area (Å²) in [4.78, 5) is 13.4. The predicted molar refractivity (Wildman–Crippen MR) is 59.0 cm³/mol. The monoisotopic (exact) mass is 219 g/mol. The lowest BCUT2D eigenvalue weighted by Gasteiger charge is -2.28. The minimum absolute atomic E-state index is 0.303. The van der Waals surface area contributed by atoms with Gasteiger partial charge in [0.15, 0.2) is 11.5 Å². The Bertz CT molecular complexity index is 420. The summed E-state index contributed by atoms with van der Waals surface area (Å²) in [6.07, 6.45) is 1.29. The fourth-order valence-corrected chi connectivity index (χ4v) is 2.10. The Morgan fingerprint density at radius 1 is 1.06 bits per heavy atom. The molecule has 0 aromatic heterocycles. The van der Waals surface area contributed by atoms with Gasteiger partial charge in [0.2, 0.25) is 6.79 Å². The van der Waals surface area contributed by atoms with Crippen LogP contribution in [0.4, 0.5) is 5.69 Å². The Hall–Kier alpha value is -1.71. The zero-order chi connectivity index (χ0) is 11.0. The quantitative estimate of drug-likeness (QED) is 0.719. The topological polar surface area (TPSA) is 38.8 Å². The van der Waals surface area contributed by atoms with Crippen molar-refractivity contribution in [3.63, 3.8) is 0 Å². The van der Waals surface area contributed by atoms with Crippen LogP contribution in [0.3, 0.4) is 0 Å². The number of carbonyl (C=O) groups is 1. The smallest absolute Gasteiger partial charge is 0.231 e. The minimum atomic E-state index is 0.303. The summed E-state index contributed by atoms with van der Waals surface area (Å²) >= 11 is 0. The maximum atomic E-state index is 11.2. The molecule has 0 N–H and O–H groups in total. The van der Waals surface area contributed by atoms with E-state index in [4.69, 9.17) is 9.47 Å². The number of rotatable bonds is 1. The summed E-state index contributed by atoms with van der Waals surface area (Å²) in [6.45, 7) is 1.91. The van der Waals surface area contributed by atoms with Crippen molar-refractivity contribution in [2.45, 2.75) is 12.8 Å². The van der Waals surface area contributed by atoms with E-state index < -0.39 is 0 Å². The number of Topliss-reactive ketones (excluding diaryl/α,β-unsaturated/α-hetero) is 1. The predicted octanol–water partition coefficient (Wildman–Crippen LogP) is 1.58. The third-order valence-electron chi connectivity index (χ3n) is 3.04. The van der Waals surface area contributed by atoms with Gasteiger partial charge in [-0.2, -0.15) is 0 Å². The summed E-state index contributed by atoms with van der Waals surface area (Å²) in [5.41, 5.74) is 1.11. The normalized spacial score (nSPS) is 19.0. The van der Waals surface area contributed by atoms with Crippen molar-refractivity contribution in [2.24, 2.45) is 0 Å². The second kappa shape index (κ2) is 3.70. The van der Waals surface area contributed by atoms with Crippen molar-refractivity contribution in [1.29, 1.82) is 0 Å². The van der Waals surface area contributed by atoms with E-state index >= 15 is 0 Å². The first kappa shape index (κ1) is 9.51. The molecule has 2 aliphatic heterocycles. The van der Waals surface area contributed by atoms with Crippen LogP contribution in [0.25, 0.3) is 0 Å². The van der Waals surface area contributed by atoms with Gasteiger partial charge in [0.05, 0.1) is 0 Å². The van der Waals surface area contributed by atoms with Gasteiger partial charge in [-0.05, 0) is 12.1 Å². The number of benzene rings is 1. The first-order chi connectivity index (χ1) is 7.83. The first-order valence-corrected chi connectivity index (χ1v) is 5.49. The largest absolute Gasteiger partial charge is 0.454 e. The van der Waals surface area contributed by atoms with Crippen LogP contribution in [0.2, 0.25) is 0 Å². The number of hydrogen-bond donors (Lipinski definition) is 0. The van der Waals surface area contributed by atoms with Crippen molar-refractivity contribution < 1.29 is 14.3 Å². The van der Waals surface area contributed by atoms with Crippen LogP contribution >= 0.6 is 0 Å². The third-order valence-corrected chi connectivity index (χ3v) is 3.04. The van der Waals surface area contributed by atoms with Gasteiger partial charge in [-0.15, -0.1) is 0 Å². The van der Waals surface area contributed by atoms with Crippen molar-refractivity contribution in [3.8, 4) is 11.5 Å². The molecule has 0 amide bonds. The molecule has 0 saturated carbocycles. The highest BCUT2D eigenvalue weighted by Gasteiger charge is 2.19. The summed E-state index contributed by atoms with van der Waals surface area (Å²) in [7, 11) is 0. The molecule has 1 aromatic rings. The zero-order valence-corrected chi connectivity index (χ0v) is 8.94. The van der Waals surface area contributed by atoms with Crippen LogP contribution in [0.1, 0.15) is 12.8 Å². The number of hydrogen-bond acceptors (Lipinski definition) is 4. The molecule has 0 atom stereocenters. The molecule has 4 heteroatoms. The van der Waals surface area contributed by atoms with Crippen LogP contribution in [-0.2, 0) is 4.79 Å². The van der Waals surface area contributed by atoms with Gasteiger partial charge < -0.3 is 14.4 Å². The van der Waals surface area contributed by atoms with Crippen molar-refractivity contribution in [2.75, 3.05) is 24.8 Å². The lowest BCUT2D eigenvalue weighted by Crippen LogP contribution is -2.33. The van der Waals surface area contributed by atoms with Crippen molar-refractivity contribution in [1.82, 2.24) is 0 Å². The molecule has 0 spiro atoms. The Labute approximate surface area is 93.8 Å². The number of fused-ring (bicyclic) bond motifs is 1. The number of anilines is 1. The number of ketones is 1. The zero-order valence-electron chi connectivity index (χ0n) is 8.94. The van der Waals surface area contributed by atoms with Crippen LogP contribution in [0.5, 0.6) is 11.5 Å². The summed E-state index contributed by atoms with van der Waals surface area (Å²) in [6, 6.07) is 5.93. The molecular weight excluding hydrogens is 206 g/mol. The van der Waals surface area contributed by atoms with E-state index in [0.29, 0.717) is 25.4 Å². The molecule has 3 rings (SSSR count). The SMILES string of the molecule is O=C1CCN(c2ccc3c(c2)OCO3)CC1. The molecule has 2 aliphatic rings. The van der Waals surface area contributed by atoms with Gasteiger partial charge in [0, 0.05) is 37.7 Å². The van der Waals surface area contributed by atoms with Crippen LogP contribution in [0.15, 0.2) is 18.2 Å². The molecule has 4 nitrogen and oxygen atoms in total. The van der Waals surface area contributed by atoms with Gasteiger partial charge in [-0.25, -0.2) is 0 Å². The van der Waals surface area contributed by atoms with Gasteiger partial charge in [-0.1, -0.05) is 0 Å². The molecule has 0 radical (unpaired) electrons. The van der Waals surface area contributed by atoms with E-state index in [-0.39, 0.29) is 0 Å². The Balaban J connectivity index is 1.82.